The average molecular weight is 383 g/mol. The van der Waals surface area contributed by atoms with E-state index < -0.39 is 17.8 Å². The summed E-state index contributed by atoms with van der Waals surface area (Å²) in [5.74, 6) is -1.33. The lowest BCUT2D eigenvalue weighted by atomic mass is 9.95. The van der Waals surface area contributed by atoms with Crippen LogP contribution in [-0.2, 0) is 27.2 Å². The number of carbonyl (C=O) groups is 3. The van der Waals surface area contributed by atoms with Gasteiger partial charge in [-0.05, 0) is 50.4 Å². The first-order valence-corrected chi connectivity index (χ1v) is 9.35. The van der Waals surface area contributed by atoms with E-state index in [-0.39, 0.29) is 24.6 Å². The minimum Gasteiger partial charge on any atom is -0.466 e. The zero-order valence-corrected chi connectivity index (χ0v) is 15.6. The van der Waals surface area contributed by atoms with Crippen molar-refractivity contribution in [2.45, 2.75) is 45.4 Å². The SMILES string of the molecule is CCOC(=O)CCC(=O)NC(=S)Nc1sc2c(c1C(N)=O)CCCC2. The third-order valence-electron chi connectivity index (χ3n) is 3.76. The van der Waals surface area contributed by atoms with Crippen LogP contribution < -0.4 is 16.4 Å². The monoisotopic (exact) mass is 383 g/mol. The van der Waals surface area contributed by atoms with Crippen molar-refractivity contribution in [2.24, 2.45) is 5.73 Å². The van der Waals surface area contributed by atoms with Gasteiger partial charge < -0.3 is 21.1 Å². The fourth-order valence-corrected chi connectivity index (χ4v) is 4.27. The topological polar surface area (TPSA) is 111 Å². The lowest BCUT2D eigenvalue weighted by Gasteiger charge is -2.11. The number of primary amides is 1. The zero-order valence-electron chi connectivity index (χ0n) is 14.0. The second-order valence-electron chi connectivity index (χ2n) is 5.59. The highest BCUT2D eigenvalue weighted by Gasteiger charge is 2.24. The van der Waals surface area contributed by atoms with Crippen molar-refractivity contribution in [1.82, 2.24) is 5.32 Å². The molecule has 0 aromatic carbocycles. The Balaban J connectivity index is 1.96. The smallest absolute Gasteiger partial charge is 0.306 e. The van der Waals surface area contributed by atoms with Crippen molar-refractivity contribution in [3.8, 4) is 0 Å². The normalized spacial score (nSPS) is 12.8. The van der Waals surface area contributed by atoms with Gasteiger partial charge in [-0.2, -0.15) is 0 Å². The predicted molar refractivity (Wildman–Crippen MR) is 99.7 cm³/mol. The van der Waals surface area contributed by atoms with Crippen LogP contribution in [0.2, 0.25) is 0 Å². The van der Waals surface area contributed by atoms with E-state index in [0.717, 1.165) is 36.1 Å². The molecule has 2 rings (SSSR count). The first-order chi connectivity index (χ1) is 11.9. The van der Waals surface area contributed by atoms with Crippen molar-refractivity contribution < 1.29 is 19.1 Å². The van der Waals surface area contributed by atoms with Crippen LogP contribution in [0.15, 0.2) is 0 Å². The van der Waals surface area contributed by atoms with Crippen LogP contribution in [0, 0.1) is 0 Å². The van der Waals surface area contributed by atoms with E-state index in [2.05, 4.69) is 10.6 Å². The van der Waals surface area contributed by atoms with Crippen molar-refractivity contribution in [1.29, 1.82) is 0 Å². The van der Waals surface area contributed by atoms with Crippen molar-refractivity contribution in [3.05, 3.63) is 16.0 Å². The highest BCUT2D eigenvalue weighted by atomic mass is 32.1. The third kappa shape index (κ3) is 5.23. The average Bonchev–Trinajstić information content (AvgIpc) is 2.90. The van der Waals surface area contributed by atoms with Crippen LogP contribution in [0.3, 0.4) is 0 Å². The van der Waals surface area contributed by atoms with E-state index >= 15 is 0 Å². The molecule has 9 heteroatoms. The zero-order chi connectivity index (χ0) is 18.4. The number of anilines is 1. The van der Waals surface area contributed by atoms with Crippen molar-refractivity contribution >= 4 is 51.5 Å². The maximum Gasteiger partial charge on any atom is 0.306 e. The number of hydrogen-bond acceptors (Lipinski definition) is 6. The summed E-state index contributed by atoms with van der Waals surface area (Å²) in [5.41, 5.74) is 6.96. The molecule has 0 radical (unpaired) electrons. The summed E-state index contributed by atoms with van der Waals surface area (Å²) in [4.78, 5) is 36.0. The molecule has 7 nitrogen and oxygen atoms in total. The lowest BCUT2D eigenvalue weighted by molar-refractivity contribution is -0.144. The molecule has 25 heavy (non-hydrogen) atoms. The Morgan fingerprint density at radius 3 is 2.64 bits per heavy atom. The van der Waals surface area contributed by atoms with E-state index in [1.807, 2.05) is 0 Å². The Labute approximate surface area is 155 Å². The van der Waals surface area contributed by atoms with Crippen LogP contribution in [0.5, 0.6) is 0 Å². The molecule has 1 heterocycles. The Morgan fingerprint density at radius 2 is 1.96 bits per heavy atom. The highest BCUT2D eigenvalue weighted by molar-refractivity contribution is 7.80. The number of fused-ring (bicyclic) bond motifs is 1. The summed E-state index contributed by atoms with van der Waals surface area (Å²) in [5, 5.41) is 6.04. The molecule has 1 aromatic rings. The van der Waals surface area contributed by atoms with Crippen LogP contribution in [-0.4, -0.2) is 29.5 Å². The van der Waals surface area contributed by atoms with Gasteiger partial charge in [-0.25, -0.2) is 0 Å². The van der Waals surface area contributed by atoms with E-state index in [1.54, 1.807) is 6.92 Å². The lowest BCUT2D eigenvalue weighted by Crippen LogP contribution is -2.34. The van der Waals surface area contributed by atoms with Crippen LogP contribution >= 0.6 is 23.6 Å². The maximum atomic E-state index is 11.8. The molecule has 0 fully saturated rings. The quantitative estimate of drug-likeness (QED) is 0.511. The van der Waals surface area contributed by atoms with Gasteiger partial charge in [-0.3, -0.25) is 14.4 Å². The van der Waals surface area contributed by atoms with Gasteiger partial charge >= 0.3 is 5.97 Å². The highest BCUT2D eigenvalue weighted by Crippen LogP contribution is 2.37. The van der Waals surface area contributed by atoms with E-state index in [1.165, 1.54) is 11.3 Å². The van der Waals surface area contributed by atoms with Gasteiger partial charge in [0.25, 0.3) is 5.91 Å². The molecule has 0 aliphatic heterocycles. The molecule has 0 saturated heterocycles. The third-order valence-corrected chi connectivity index (χ3v) is 5.17. The van der Waals surface area contributed by atoms with Gasteiger partial charge in [-0.15, -0.1) is 11.3 Å². The molecule has 4 N–H and O–H groups in total. The van der Waals surface area contributed by atoms with Gasteiger partial charge in [0.15, 0.2) is 5.11 Å². The molecule has 0 unspecified atom stereocenters. The minimum absolute atomic E-state index is 0.0118. The maximum absolute atomic E-state index is 11.8. The Morgan fingerprint density at radius 1 is 1.24 bits per heavy atom. The second kappa shape index (κ2) is 8.91. The Hall–Kier alpha value is -2.00. The van der Waals surface area contributed by atoms with Gasteiger partial charge in [0, 0.05) is 11.3 Å². The van der Waals surface area contributed by atoms with Gasteiger partial charge in [0.05, 0.1) is 18.6 Å². The predicted octanol–water partition coefficient (Wildman–Crippen LogP) is 1.88. The van der Waals surface area contributed by atoms with Crippen molar-refractivity contribution in [3.63, 3.8) is 0 Å². The van der Waals surface area contributed by atoms with Crippen LogP contribution in [0.4, 0.5) is 5.00 Å². The van der Waals surface area contributed by atoms with E-state index in [0.29, 0.717) is 10.6 Å². The first-order valence-electron chi connectivity index (χ1n) is 8.13. The number of thiophene rings is 1. The number of carbonyl (C=O) groups excluding carboxylic acids is 3. The molecule has 0 saturated carbocycles. The molecule has 136 valence electrons. The summed E-state index contributed by atoms with van der Waals surface area (Å²) in [6.45, 7) is 1.98. The van der Waals surface area contributed by atoms with Gasteiger partial charge in [0.2, 0.25) is 5.91 Å². The second-order valence-corrected chi connectivity index (χ2v) is 7.10. The molecule has 0 atom stereocenters. The number of amides is 2. The molecule has 1 aromatic heterocycles. The van der Waals surface area contributed by atoms with E-state index in [9.17, 15) is 14.4 Å². The standard InChI is InChI=1S/C16H21N3O4S2/c1-2-23-12(21)8-7-11(20)18-16(24)19-15-13(14(17)22)9-5-3-4-6-10(9)25-15/h2-8H2,1H3,(H2,17,22)(H2,18,19,20,24). The fourth-order valence-electron chi connectivity index (χ4n) is 2.69. The Bertz CT molecular complexity index is 700. The largest absolute Gasteiger partial charge is 0.466 e. The number of nitrogens with two attached hydrogens (primary N) is 1. The Kier molecular flexibility index (Phi) is 6.89. The number of esters is 1. The summed E-state index contributed by atoms with van der Waals surface area (Å²) < 4.78 is 4.76. The first kappa shape index (κ1) is 19.3. The summed E-state index contributed by atoms with van der Waals surface area (Å²) in [7, 11) is 0. The van der Waals surface area contributed by atoms with Crippen molar-refractivity contribution in [2.75, 3.05) is 11.9 Å². The molecule has 0 spiro atoms. The molecule has 1 aliphatic carbocycles. The molecule has 1 aliphatic rings. The molecular weight excluding hydrogens is 362 g/mol. The van der Waals surface area contributed by atoms with E-state index in [4.69, 9.17) is 22.7 Å². The number of rotatable bonds is 6. The number of aryl methyl sites for hydroxylation is 1. The van der Waals surface area contributed by atoms with Crippen LogP contribution in [0.25, 0.3) is 0 Å². The number of hydrogen-bond donors (Lipinski definition) is 3. The molecular formula is C16H21N3O4S2. The van der Waals surface area contributed by atoms with Crippen LogP contribution in [0.1, 0.15) is 53.4 Å². The summed E-state index contributed by atoms with van der Waals surface area (Å²) in [6.07, 6.45) is 3.82. The van der Waals surface area contributed by atoms with Gasteiger partial charge in [0.1, 0.15) is 5.00 Å². The van der Waals surface area contributed by atoms with Gasteiger partial charge in [-0.1, -0.05) is 0 Å². The summed E-state index contributed by atoms with van der Waals surface area (Å²) >= 11 is 6.57. The molecule has 2 amide bonds. The minimum atomic E-state index is -0.502. The fraction of sp³-hybridized carbons (Fsp3) is 0.500. The summed E-state index contributed by atoms with van der Waals surface area (Å²) in [6, 6.07) is 0. The molecule has 0 bridgehead atoms. The number of ether oxygens (including phenoxy) is 1. The number of nitrogens with one attached hydrogen (secondary N) is 2. The number of thiocarbonyl (C=S) groups is 1.